The van der Waals surface area contributed by atoms with E-state index in [2.05, 4.69) is 15.0 Å². The normalized spacial score (nSPS) is 18.2. The second-order valence-corrected chi connectivity index (χ2v) is 11.5. The number of allylic oxidation sites excluding steroid dienone is 1. The van der Waals surface area contributed by atoms with Crippen LogP contribution in [0.1, 0.15) is 71.9 Å². The van der Waals surface area contributed by atoms with Gasteiger partial charge in [0.2, 0.25) is 5.91 Å². The molecule has 2 fully saturated rings. The van der Waals surface area contributed by atoms with E-state index in [0.29, 0.717) is 61.6 Å². The Labute approximate surface area is 248 Å². The van der Waals surface area contributed by atoms with Crippen LogP contribution in [-0.2, 0) is 17.6 Å². The summed E-state index contributed by atoms with van der Waals surface area (Å²) in [6.45, 7) is 4.16. The van der Waals surface area contributed by atoms with Crippen molar-refractivity contribution in [3.8, 4) is 0 Å². The van der Waals surface area contributed by atoms with Crippen LogP contribution in [-0.4, -0.2) is 80.6 Å². The van der Waals surface area contributed by atoms with Crippen LogP contribution >= 0.6 is 0 Å². The van der Waals surface area contributed by atoms with Crippen molar-refractivity contribution < 1.29 is 22.8 Å². The Morgan fingerprint density at radius 3 is 2.47 bits per heavy atom. The van der Waals surface area contributed by atoms with Gasteiger partial charge in [0.15, 0.2) is 5.65 Å². The van der Waals surface area contributed by atoms with E-state index in [1.54, 1.807) is 16.8 Å². The molecule has 0 radical (unpaired) electrons. The lowest BCUT2D eigenvalue weighted by molar-refractivity contribution is -0.138. The number of aliphatic imine (C=N–C) groups is 1. The highest BCUT2D eigenvalue weighted by Gasteiger charge is 2.40. The zero-order chi connectivity index (χ0) is 30.1. The third-order valence-corrected chi connectivity index (χ3v) is 8.83. The van der Waals surface area contributed by atoms with Crippen molar-refractivity contribution in [1.82, 2.24) is 24.2 Å². The van der Waals surface area contributed by atoms with Gasteiger partial charge in [-0.25, -0.2) is 4.98 Å². The monoisotopic (exact) mass is 592 g/mol. The van der Waals surface area contributed by atoms with Gasteiger partial charge in [-0.2, -0.15) is 13.2 Å². The van der Waals surface area contributed by atoms with Crippen molar-refractivity contribution in [2.24, 2.45) is 10.9 Å². The van der Waals surface area contributed by atoms with E-state index < -0.39 is 11.9 Å². The Balaban J connectivity index is 1.16. The van der Waals surface area contributed by atoms with Crippen LogP contribution in [0.3, 0.4) is 0 Å². The molecule has 1 saturated carbocycles. The van der Waals surface area contributed by atoms with Gasteiger partial charge >= 0.3 is 6.18 Å². The minimum atomic E-state index is -4.54. The van der Waals surface area contributed by atoms with E-state index in [1.165, 1.54) is 18.7 Å². The minimum Gasteiger partial charge on any atom is -0.339 e. The van der Waals surface area contributed by atoms with Crippen LogP contribution in [0.25, 0.3) is 11.2 Å². The topological polar surface area (TPSA) is 83.2 Å². The summed E-state index contributed by atoms with van der Waals surface area (Å²) in [5, 5.41) is 0. The Morgan fingerprint density at radius 1 is 1.00 bits per heavy atom. The molecule has 3 aromatic rings. The number of nitrogens with zero attached hydrogens (tertiary/aromatic N) is 6. The lowest BCUT2D eigenvalue weighted by Gasteiger charge is -2.37. The highest BCUT2D eigenvalue weighted by molar-refractivity contribution is 6.27. The van der Waals surface area contributed by atoms with Crippen molar-refractivity contribution in [2.75, 3.05) is 32.7 Å². The van der Waals surface area contributed by atoms with Crippen LogP contribution in [0.15, 0.2) is 47.9 Å². The molecule has 0 spiro atoms. The Morgan fingerprint density at radius 2 is 1.74 bits per heavy atom. The number of imidazole rings is 1. The van der Waals surface area contributed by atoms with E-state index in [9.17, 15) is 22.8 Å². The number of alkyl halides is 3. The van der Waals surface area contributed by atoms with E-state index in [1.807, 2.05) is 34.9 Å². The summed E-state index contributed by atoms with van der Waals surface area (Å²) in [5.41, 5.74) is 3.05. The standard InChI is InChI=1S/C32H35F3N6O2/c1-2-22-18-21(8-9-24(22)31(43)40-16-14-39(15-17-40)30(42)23-6-4-3-5-7-23)19-26-29-38-20-27(41(29)13-12-36-26)25-10-11-37-28(25)32(33,34)35/h8-10,12-13,18,20,23H,2-7,11,14-17,19H2,1H3. The van der Waals surface area contributed by atoms with Crippen LogP contribution in [0.2, 0.25) is 0 Å². The van der Waals surface area contributed by atoms with E-state index >= 15 is 0 Å². The van der Waals surface area contributed by atoms with Crippen LogP contribution in [0.5, 0.6) is 0 Å². The second kappa shape index (κ2) is 11.9. The van der Waals surface area contributed by atoms with Gasteiger partial charge in [0.25, 0.3) is 5.91 Å². The molecule has 43 heavy (non-hydrogen) atoms. The van der Waals surface area contributed by atoms with Gasteiger partial charge < -0.3 is 9.80 Å². The number of carbonyl (C=O) groups is 2. The first kappa shape index (κ1) is 29.1. The molecule has 8 nitrogen and oxygen atoms in total. The van der Waals surface area contributed by atoms with Crippen molar-refractivity contribution in [3.05, 3.63) is 70.9 Å². The summed E-state index contributed by atoms with van der Waals surface area (Å²) in [7, 11) is 0. The van der Waals surface area contributed by atoms with Gasteiger partial charge in [0.05, 0.1) is 24.1 Å². The third-order valence-electron chi connectivity index (χ3n) is 8.83. The second-order valence-electron chi connectivity index (χ2n) is 11.5. The number of hydrogen-bond donors (Lipinski definition) is 0. The largest absolute Gasteiger partial charge is 0.433 e. The molecule has 0 atom stereocenters. The minimum absolute atomic E-state index is 0.0194. The van der Waals surface area contributed by atoms with Gasteiger partial charge in [0.1, 0.15) is 5.71 Å². The molecule has 226 valence electrons. The smallest absolute Gasteiger partial charge is 0.339 e. The van der Waals surface area contributed by atoms with Gasteiger partial charge in [-0.3, -0.25) is 24.0 Å². The fourth-order valence-corrected chi connectivity index (χ4v) is 6.53. The Kier molecular flexibility index (Phi) is 8.07. The quantitative estimate of drug-likeness (QED) is 0.397. The summed E-state index contributed by atoms with van der Waals surface area (Å²) in [5.74, 6) is 0.348. The van der Waals surface area contributed by atoms with Gasteiger partial charge in [-0.1, -0.05) is 44.4 Å². The van der Waals surface area contributed by atoms with E-state index in [4.69, 9.17) is 0 Å². The number of halogens is 3. The van der Waals surface area contributed by atoms with E-state index in [-0.39, 0.29) is 29.9 Å². The molecule has 1 saturated heterocycles. The molecule has 6 rings (SSSR count). The fraction of sp³-hybridized carbons (Fsp3) is 0.469. The SMILES string of the molecule is CCc1cc(Cc2nccn3c(C4=CCN=C4C(F)(F)F)cnc23)ccc1C(=O)N1CCN(C(=O)C2CCCCC2)CC1. The Bertz CT molecular complexity index is 1590. The maximum atomic E-state index is 13.5. The summed E-state index contributed by atoms with van der Waals surface area (Å²) >= 11 is 0. The van der Waals surface area contributed by atoms with Gasteiger partial charge in [-0.05, 0) is 36.5 Å². The lowest BCUT2D eigenvalue weighted by Crippen LogP contribution is -2.52. The van der Waals surface area contributed by atoms with Crippen molar-refractivity contribution in [2.45, 2.75) is 58.0 Å². The molecule has 0 N–H and O–H groups in total. The molecule has 3 aliphatic rings. The highest BCUT2D eigenvalue weighted by Crippen LogP contribution is 2.32. The number of rotatable bonds is 6. The van der Waals surface area contributed by atoms with Crippen LogP contribution in [0.4, 0.5) is 13.2 Å². The first-order valence-electron chi connectivity index (χ1n) is 15.1. The number of aromatic nitrogens is 3. The molecule has 1 aliphatic carbocycles. The predicted molar refractivity (Wildman–Crippen MR) is 157 cm³/mol. The number of benzene rings is 1. The first-order chi connectivity index (χ1) is 20.7. The molecule has 1 aromatic carbocycles. The predicted octanol–water partition coefficient (Wildman–Crippen LogP) is 5.15. The van der Waals surface area contributed by atoms with Crippen LogP contribution < -0.4 is 0 Å². The molecular formula is C32H35F3N6O2. The third kappa shape index (κ3) is 5.81. The molecule has 2 aliphatic heterocycles. The number of carbonyl (C=O) groups excluding carboxylic acids is 2. The van der Waals surface area contributed by atoms with E-state index in [0.717, 1.165) is 36.8 Å². The molecule has 4 heterocycles. The fourth-order valence-electron chi connectivity index (χ4n) is 6.53. The average Bonchev–Trinajstić information content (AvgIpc) is 3.69. The summed E-state index contributed by atoms with van der Waals surface area (Å²) < 4.78 is 42.2. The molecule has 0 unspecified atom stereocenters. The van der Waals surface area contributed by atoms with Crippen molar-refractivity contribution in [3.63, 3.8) is 0 Å². The summed E-state index contributed by atoms with van der Waals surface area (Å²) in [4.78, 5) is 42.8. The number of amides is 2. The number of fused-ring (bicyclic) bond motifs is 1. The molecule has 2 aromatic heterocycles. The number of hydrogen-bond acceptors (Lipinski definition) is 5. The Hall–Kier alpha value is -4.02. The zero-order valence-electron chi connectivity index (χ0n) is 24.2. The summed E-state index contributed by atoms with van der Waals surface area (Å²) in [6, 6.07) is 5.75. The van der Waals surface area contributed by atoms with Crippen molar-refractivity contribution >= 4 is 28.7 Å². The molecule has 11 heteroatoms. The number of aryl methyl sites for hydroxylation is 1. The molecule has 2 amide bonds. The highest BCUT2D eigenvalue weighted by atomic mass is 19.4. The van der Waals surface area contributed by atoms with Crippen molar-refractivity contribution in [1.29, 1.82) is 0 Å². The van der Waals surface area contributed by atoms with Crippen LogP contribution in [0, 0.1) is 5.92 Å². The first-order valence-corrected chi connectivity index (χ1v) is 15.1. The lowest BCUT2D eigenvalue weighted by atomic mass is 9.88. The zero-order valence-corrected chi connectivity index (χ0v) is 24.2. The van der Waals surface area contributed by atoms with Gasteiger partial charge in [0, 0.05) is 62.0 Å². The number of piperazine rings is 1. The van der Waals surface area contributed by atoms with Gasteiger partial charge in [-0.15, -0.1) is 0 Å². The average molecular weight is 593 g/mol. The molecule has 0 bridgehead atoms. The maximum absolute atomic E-state index is 13.5. The maximum Gasteiger partial charge on any atom is 0.433 e. The molecular weight excluding hydrogens is 557 g/mol. The summed E-state index contributed by atoms with van der Waals surface area (Å²) in [6.07, 6.45) is 7.98.